The summed E-state index contributed by atoms with van der Waals surface area (Å²) in [6.07, 6.45) is 4.50. The summed E-state index contributed by atoms with van der Waals surface area (Å²) in [5.74, 6) is -4.07. The van der Waals surface area contributed by atoms with E-state index in [2.05, 4.69) is 4.98 Å². The molecule has 0 fully saturated rings. The van der Waals surface area contributed by atoms with E-state index in [4.69, 9.17) is 11.6 Å². The van der Waals surface area contributed by atoms with Crippen LogP contribution in [0.3, 0.4) is 0 Å². The maximum atomic E-state index is 13.9. The zero-order valence-electron chi connectivity index (χ0n) is 12.7. The highest BCUT2D eigenvalue weighted by atomic mass is 35.5. The van der Waals surface area contributed by atoms with E-state index >= 15 is 0 Å². The molecule has 1 aromatic heterocycles. The minimum absolute atomic E-state index is 0.275. The second-order valence-electron chi connectivity index (χ2n) is 5.70. The van der Waals surface area contributed by atoms with Crippen LogP contribution in [-0.2, 0) is 24.3 Å². The lowest BCUT2D eigenvalue weighted by atomic mass is 10.0. The van der Waals surface area contributed by atoms with Crippen molar-refractivity contribution in [3.05, 3.63) is 53.4 Å². The first-order valence-electron chi connectivity index (χ1n) is 7.48. The number of imidazole rings is 1. The number of benzene rings is 1. The average molecular weight is 358 g/mol. The molecule has 3 rings (SSSR count). The Bertz CT molecular complexity index is 765. The van der Waals surface area contributed by atoms with Gasteiger partial charge in [0.05, 0.1) is 12.9 Å². The lowest BCUT2D eigenvalue weighted by molar-refractivity contribution is -0.132. The third-order valence-electron chi connectivity index (χ3n) is 4.29. The zero-order chi connectivity index (χ0) is 17.3. The molecule has 0 bridgehead atoms. The summed E-state index contributed by atoms with van der Waals surface area (Å²) in [6.45, 7) is 0.278. The number of amides is 1. The monoisotopic (exact) mass is 357 g/mol. The summed E-state index contributed by atoms with van der Waals surface area (Å²) in [6, 6.07) is 1.30. The maximum Gasteiger partial charge on any atom is 0.238 e. The predicted octanol–water partition coefficient (Wildman–Crippen LogP) is 2.88. The molecule has 24 heavy (non-hydrogen) atoms. The highest BCUT2D eigenvalue weighted by Crippen LogP contribution is 2.24. The van der Waals surface area contributed by atoms with Crippen LogP contribution in [0.25, 0.3) is 0 Å². The number of aryl methyl sites for hydroxylation is 1. The fourth-order valence-electron chi connectivity index (χ4n) is 3.00. The predicted molar refractivity (Wildman–Crippen MR) is 81.9 cm³/mol. The maximum absolute atomic E-state index is 13.9. The van der Waals surface area contributed by atoms with Gasteiger partial charge in [0.1, 0.15) is 11.7 Å². The first-order chi connectivity index (χ1) is 11.5. The van der Waals surface area contributed by atoms with Gasteiger partial charge in [-0.05, 0) is 18.6 Å². The molecule has 4 nitrogen and oxygen atoms in total. The molecule has 0 radical (unpaired) electrons. The van der Waals surface area contributed by atoms with E-state index in [1.807, 2.05) is 4.57 Å². The highest BCUT2D eigenvalue weighted by Gasteiger charge is 2.29. The Morgan fingerprint density at radius 3 is 2.83 bits per heavy atom. The number of alkyl halides is 1. The van der Waals surface area contributed by atoms with Gasteiger partial charge in [-0.25, -0.2) is 18.2 Å². The second kappa shape index (κ2) is 6.84. The van der Waals surface area contributed by atoms with Crippen LogP contribution < -0.4 is 0 Å². The molecule has 1 aliphatic heterocycles. The largest absolute Gasteiger partial charge is 0.334 e. The SMILES string of the molecule is O=C(CCl)N(Cc1c(F)ccc(F)c1F)C1CCn2cncc2C1. The number of fused-ring (bicyclic) bond motifs is 1. The van der Waals surface area contributed by atoms with E-state index < -0.39 is 28.9 Å². The minimum atomic E-state index is -1.27. The van der Waals surface area contributed by atoms with Gasteiger partial charge in [0.15, 0.2) is 11.6 Å². The number of halogens is 4. The van der Waals surface area contributed by atoms with Gasteiger partial charge in [0.25, 0.3) is 0 Å². The third kappa shape index (κ3) is 3.13. The lowest BCUT2D eigenvalue weighted by Gasteiger charge is -2.34. The number of aromatic nitrogens is 2. The van der Waals surface area contributed by atoms with Gasteiger partial charge in [-0.15, -0.1) is 11.6 Å². The van der Waals surface area contributed by atoms with E-state index in [0.717, 1.165) is 17.8 Å². The molecule has 1 amide bonds. The van der Waals surface area contributed by atoms with Crippen molar-refractivity contribution >= 4 is 17.5 Å². The summed E-state index contributed by atoms with van der Waals surface area (Å²) in [5, 5.41) is 0. The quantitative estimate of drug-likeness (QED) is 0.623. The van der Waals surface area contributed by atoms with Gasteiger partial charge < -0.3 is 9.47 Å². The number of hydrogen-bond acceptors (Lipinski definition) is 2. The van der Waals surface area contributed by atoms with Crippen LogP contribution in [-0.4, -0.2) is 32.3 Å². The van der Waals surface area contributed by atoms with Crippen molar-refractivity contribution in [1.29, 1.82) is 0 Å². The molecular formula is C16H15ClF3N3O. The summed E-state index contributed by atoms with van der Waals surface area (Å²) in [4.78, 5) is 17.6. The summed E-state index contributed by atoms with van der Waals surface area (Å²) in [7, 11) is 0. The van der Waals surface area contributed by atoms with Crippen molar-refractivity contribution in [2.45, 2.75) is 32.0 Å². The summed E-state index contributed by atoms with van der Waals surface area (Å²) < 4.78 is 43.2. The topological polar surface area (TPSA) is 38.1 Å². The molecule has 0 aliphatic carbocycles. The molecular weight excluding hydrogens is 343 g/mol. The molecule has 2 heterocycles. The van der Waals surface area contributed by atoms with Crippen molar-refractivity contribution in [3.63, 3.8) is 0 Å². The van der Waals surface area contributed by atoms with Gasteiger partial charge in [0.2, 0.25) is 5.91 Å². The van der Waals surface area contributed by atoms with E-state index in [-0.39, 0.29) is 18.5 Å². The van der Waals surface area contributed by atoms with Gasteiger partial charge in [0, 0.05) is 36.5 Å². The van der Waals surface area contributed by atoms with E-state index in [9.17, 15) is 18.0 Å². The van der Waals surface area contributed by atoms with Crippen LogP contribution in [0.15, 0.2) is 24.7 Å². The van der Waals surface area contributed by atoms with Gasteiger partial charge in [-0.1, -0.05) is 0 Å². The molecule has 2 aromatic rings. The standard InChI is InChI=1S/C16H15ClF3N3O/c17-6-15(24)23(8-12-13(18)1-2-14(19)16(12)20)10-3-4-22-9-21-7-11(22)5-10/h1-2,7,9-10H,3-6,8H2. The zero-order valence-corrected chi connectivity index (χ0v) is 13.4. The number of nitrogens with zero attached hydrogens (tertiary/aromatic N) is 3. The van der Waals surface area contributed by atoms with Crippen LogP contribution in [0, 0.1) is 17.5 Å². The number of carbonyl (C=O) groups excluding carboxylic acids is 1. The van der Waals surface area contributed by atoms with Crippen molar-refractivity contribution in [2.24, 2.45) is 0 Å². The summed E-state index contributed by atoms with van der Waals surface area (Å²) >= 11 is 5.65. The molecule has 0 N–H and O–H groups in total. The number of rotatable bonds is 4. The first-order valence-corrected chi connectivity index (χ1v) is 8.01. The van der Waals surface area contributed by atoms with Crippen molar-refractivity contribution in [1.82, 2.24) is 14.5 Å². The van der Waals surface area contributed by atoms with E-state index in [1.54, 1.807) is 12.5 Å². The Hall–Kier alpha value is -2.02. The van der Waals surface area contributed by atoms with Crippen LogP contribution in [0.1, 0.15) is 17.7 Å². The molecule has 1 unspecified atom stereocenters. The molecule has 0 spiro atoms. The Kier molecular flexibility index (Phi) is 4.80. The second-order valence-corrected chi connectivity index (χ2v) is 5.97. The summed E-state index contributed by atoms with van der Waals surface area (Å²) in [5.41, 5.74) is 0.464. The molecule has 0 saturated carbocycles. The van der Waals surface area contributed by atoms with E-state index in [0.29, 0.717) is 19.4 Å². The molecule has 8 heteroatoms. The molecule has 128 valence electrons. The van der Waals surface area contributed by atoms with Crippen molar-refractivity contribution < 1.29 is 18.0 Å². The Morgan fingerprint density at radius 2 is 2.08 bits per heavy atom. The number of carbonyl (C=O) groups is 1. The van der Waals surface area contributed by atoms with Crippen LogP contribution in [0.2, 0.25) is 0 Å². The third-order valence-corrected chi connectivity index (χ3v) is 4.52. The number of hydrogen-bond donors (Lipinski definition) is 0. The Labute approximate surface area is 141 Å². The normalized spacial score (nSPS) is 16.8. The lowest BCUT2D eigenvalue weighted by Crippen LogP contribution is -2.44. The van der Waals surface area contributed by atoms with Crippen LogP contribution >= 0.6 is 11.6 Å². The molecule has 1 aliphatic rings. The first kappa shape index (κ1) is 16.8. The smallest absolute Gasteiger partial charge is 0.238 e. The molecule has 1 atom stereocenters. The van der Waals surface area contributed by atoms with Gasteiger partial charge >= 0.3 is 0 Å². The Morgan fingerprint density at radius 1 is 1.33 bits per heavy atom. The van der Waals surface area contributed by atoms with Crippen LogP contribution in [0.4, 0.5) is 13.2 Å². The van der Waals surface area contributed by atoms with Gasteiger partial charge in [-0.3, -0.25) is 4.79 Å². The average Bonchev–Trinajstić information content (AvgIpc) is 3.05. The van der Waals surface area contributed by atoms with Crippen LogP contribution in [0.5, 0.6) is 0 Å². The fourth-order valence-corrected chi connectivity index (χ4v) is 3.15. The van der Waals surface area contributed by atoms with E-state index in [1.165, 1.54) is 4.90 Å². The van der Waals surface area contributed by atoms with Gasteiger partial charge in [-0.2, -0.15) is 0 Å². The molecule has 0 saturated heterocycles. The van der Waals surface area contributed by atoms with Crippen molar-refractivity contribution in [2.75, 3.05) is 5.88 Å². The minimum Gasteiger partial charge on any atom is -0.334 e. The Balaban J connectivity index is 1.89. The fraction of sp³-hybridized carbons (Fsp3) is 0.375. The molecule has 1 aromatic carbocycles. The van der Waals surface area contributed by atoms with Crippen molar-refractivity contribution in [3.8, 4) is 0 Å². The highest BCUT2D eigenvalue weighted by molar-refractivity contribution is 6.27.